The van der Waals surface area contributed by atoms with Crippen LogP contribution in [-0.4, -0.2) is 32.1 Å². The van der Waals surface area contributed by atoms with Crippen molar-refractivity contribution >= 4 is 22.9 Å². The van der Waals surface area contributed by atoms with Gasteiger partial charge in [0.2, 0.25) is 6.29 Å². The Bertz CT molecular complexity index is 354. The zero-order chi connectivity index (χ0) is 12.1. The van der Waals surface area contributed by atoms with Gasteiger partial charge in [-0.2, -0.15) is 0 Å². The van der Waals surface area contributed by atoms with E-state index in [1.54, 1.807) is 24.4 Å². The van der Waals surface area contributed by atoms with Crippen LogP contribution in [0.25, 0.3) is 0 Å². The van der Waals surface area contributed by atoms with Gasteiger partial charge in [0.25, 0.3) is 0 Å². The first-order valence-electron chi connectivity index (χ1n) is 4.78. The number of hydrogen-bond acceptors (Lipinski definition) is 5. The minimum absolute atomic E-state index is 0.195. The van der Waals surface area contributed by atoms with Crippen LogP contribution >= 0.6 is 11.3 Å². The molecule has 0 aliphatic carbocycles. The van der Waals surface area contributed by atoms with E-state index in [2.05, 4.69) is 0 Å². The predicted molar refractivity (Wildman–Crippen MR) is 60.6 cm³/mol. The number of thiophene rings is 1. The van der Waals surface area contributed by atoms with Gasteiger partial charge in [0.15, 0.2) is 11.6 Å². The van der Waals surface area contributed by atoms with Crippen LogP contribution in [0.15, 0.2) is 17.5 Å². The van der Waals surface area contributed by atoms with Gasteiger partial charge in [0.05, 0.1) is 10.8 Å². The van der Waals surface area contributed by atoms with E-state index in [1.807, 2.05) is 0 Å². The van der Waals surface area contributed by atoms with E-state index in [1.165, 1.54) is 25.6 Å². The van der Waals surface area contributed by atoms with E-state index in [-0.39, 0.29) is 11.6 Å². The van der Waals surface area contributed by atoms with Crippen molar-refractivity contribution < 1.29 is 19.1 Å². The lowest BCUT2D eigenvalue weighted by Gasteiger charge is -2.15. The molecular weight excluding hydrogens is 228 g/mol. The van der Waals surface area contributed by atoms with E-state index in [9.17, 15) is 9.59 Å². The second-order valence-corrected chi connectivity index (χ2v) is 4.22. The molecule has 1 atom stereocenters. The highest BCUT2D eigenvalue weighted by molar-refractivity contribution is 7.12. The molecule has 0 saturated carbocycles. The van der Waals surface area contributed by atoms with E-state index in [0.717, 1.165) is 0 Å². The van der Waals surface area contributed by atoms with Crippen LogP contribution in [0.4, 0.5) is 0 Å². The van der Waals surface area contributed by atoms with Gasteiger partial charge in [0, 0.05) is 14.2 Å². The monoisotopic (exact) mass is 242 g/mol. The minimum atomic E-state index is -0.973. The molecule has 1 rings (SSSR count). The molecule has 0 fully saturated rings. The predicted octanol–water partition coefficient (Wildman–Crippen LogP) is 1.75. The molecule has 0 aliphatic rings. The molecular formula is C11H14O4S. The Kier molecular flexibility index (Phi) is 4.79. The van der Waals surface area contributed by atoms with Crippen molar-refractivity contribution in [1.29, 1.82) is 0 Å². The first kappa shape index (κ1) is 13.0. The summed E-state index contributed by atoms with van der Waals surface area (Å²) < 4.78 is 9.66. The molecule has 1 aromatic heterocycles. The Hall–Kier alpha value is -1.04. The summed E-state index contributed by atoms with van der Waals surface area (Å²) in [5.74, 6) is -1.30. The van der Waals surface area contributed by atoms with Crippen molar-refractivity contribution in [3.05, 3.63) is 22.4 Å². The van der Waals surface area contributed by atoms with Gasteiger partial charge >= 0.3 is 0 Å². The lowest BCUT2D eigenvalue weighted by atomic mass is 10.00. The Labute approximate surface area is 98.2 Å². The van der Waals surface area contributed by atoms with Crippen LogP contribution in [0.2, 0.25) is 0 Å². The fourth-order valence-electron chi connectivity index (χ4n) is 1.29. The number of rotatable bonds is 6. The Balaban J connectivity index is 2.74. The van der Waals surface area contributed by atoms with Gasteiger partial charge in [0.1, 0.15) is 0 Å². The summed E-state index contributed by atoms with van der Waals surface area (Å²) in [5.41, 5.74) is 0. The van der Waals surface area contributed by atoms with E-state index in [0.29, 0.717) is 4.88 Å². The van der Waals surface area contributed by atoms with Crippen LogP contribution in [-0.2, 0) is 14.3 Å². The first-order chi connectivity index (χ1) is 7.61. The summed E-state index contributed by atoms with van der Waals surface area (Å²) in [7, 11) is 2.74. The molecule has 0 N–H and O–H groups in total. The fraction of sp³-hybridized carbons (Fsp3) is 0.455. The molecule has 0 aliphatic heterocycles. The molecule has 0 amide bonds. The molecule has 4 nitrogen and oxygen atoms in total. The number of carbonyl (C=O) groups excluding carboxylic acids is 2. The van der Waals surface area contributed by atoms with Gasteiger partial charge < -0.3 is 9.47 Å². The van der Waals surface area contributed by atoms with Gasteiger partial charge in [-0.05, 0) is 18.4 Å². The molecule has 1 aromatic rings. The van der Waals surface area contributed by atoms with Crippen molar-refractivity contribution in [2.75, 3.05) is 14.2 Å². The Morgan fingerprint density at radius 1 is 1.31 bits per heavy atom. The van der Waals surface area contributed by atoms with E-state index < -0.39 is 12.2 Å². The number of carbonyl (C=O) groups is 2. The van der Waals surface area contributed by atoms with Crippen LogP contribution in [0, 0.1) is 5.92 Å². The number of hydrogen-bond donors (Lipinski definition) is 0. The van der Waals surface area contributed by atoms with Crippen molar-refractivity contribution in [3.8, 4) is 0 Å². The summed E-state index contributed by atoms with van der Waals surface area (Å²) in [6, 6.07) is 3.48. The third-order valence-electron chi connectivity index (χ3n) is 2.24. The molecule has 0 radical (unpaired) electrons. The van der Waals surface area contributed by atoms with Crippen molar-refractivity contribution in [2.45, 2.75) is 13.2 Å². The Morgan fingerprint density at radius 3 is 2.38 bits per heavy atom. The highest BCUT2D eigenvalue weighted by Crippen LogP contribution is 2.17. The summed E-state index contributed by atoms with van der Waals surface area (Å²) in [6.07, 6.45) is -0.973. The molecule has 0 saturated heterocycles. The standard InChI is InChI=1S/C11H14O4S/c1-7(10(13)11(14-2)15-3)9(12)8-5-4-6-16-8/h4-7,11H,1-3H3. The topological polar surface area (TPSA) is 52.6 Å². The third-order valence-corrected chi connectivity index (χ3v) is 3.13. The fourth-order valence-corrected chi connectivity index (χ4v) is 2.05. The highest BCUT2D eigenvalue weighted by atomic mass is 32.1. The second-order valence-electron chi connectivity index (χ2n) is 3.27. The van der Waals surface area contributed by atoms with E-state index in [4.69, 9.17) is 9.47 Å². The van der Waals surface area contributed by atoms with Gasteiger partial charge in [-0.1, -0.05) is 6.07 Å². The summed E-state index contributed by atoms with van der Waals surface area (Å²) >= 11 is 1.32. The molecule has 16 heavy (non-hydrogen) atoms. The molecule has 0 spiro atoms. The number of ketones is 2. The second kappa shape index (κ2) is 5.89. The summed E-state index contributed by atoms with van der Waals surface area (Å²) in [5, 5.41) is 1.80. The number of methoxy groups -OCH3 is 2. The smallest absolute Gasteiger partial charge is 0.218 e. The number of ether oxygens (including phenoxy) is 2. The van der Waals surface area contributed by atoms with E-state index >= 15 is 0 Å². The van der Waals surface area contributed by atoms with Crippen LogP contribution < -0.4 is 0 Å². The van der Waals surface area contributed by atoms with Crippen LogP contribution in [0.1, 0.15) is 16.6 Å². The Morgan fingerprint density at radius 2 is 1.94 bits per heavy atom. The van der Waals surface area contributed by atoms with Gasteiger partial charge in [-0.3, -0.25) is 9.59 Å². The van der Waals surface area contributed by atoms with Gasteiger partial charge in [-0.25, -0.2) is 0 Å². The molecule has 1 heterocycles. The quantitative estimate of drug-likeness (QED) is 0.433. The SMILES string of the molecule is COC(OC)C(=O)C(C)C(=O)c1cccs1. The third kappa shape index (κ3) is 2.75. The van der Waals surface area contributed by atoms with Crippen molar-refractivity contribution in [3.63, 3.8) is 0 Å². The maximum atomic E-state index is 11.9. The molecule has 0 bridgehead atoms. The van der Waals surface area contributed by atoms with Crippen LogP contribution in [0.5, 0.6) is 0 Å². The number of Topliss-reactive ketones (excluding diaryl/α,β-unsaturated/α-hetero) is 2. The van der Waals surface area contributed by atoms with Crippen LogP contribution in [0.3, 0.4) is 0 Å². The average Bonchev–Trinajstić information content (AvgIpc) is 2.82. The molecule has 1 unspecified atom stereocenters. The zero-order valence-corrected chi connectivity index (χ0v) is 10.2. The molecule has 88 valence electrons. The lowest BCUT2D eigenvalue weighted by Crippen LogP contribution is -2.33. The highest BCUT2D eigenvalue weighted by Gasteiger charge is 2.29. The zero-order valence-electron chi connectivity index (χ0n) is 9.43. The van der Waals surface area contributed by atoms with Crippen molar-refractivity contribution in [2.24, 2.45) is 5.92 Å². The maximum absolute atomic E-state index is 11.9. The maximum Gasteiger partial charge on any atom is 0.218 e. The largest absolute Gasteiger partial charge is 0.349 e. The summed E-state index contributed by atoms with van der Waals surface area (Å²) in [6.45, 7) is 1.56. The minimum Gasteiger partial charge on any atom is -0.349 e. The molecule has 0 aromatic carbocycles. The lowest BCUT2D eigenvalue weighted by molar-refractivity contribution is -0.158. The average molecular weight is 242 g/mol. The van der Waals surface area contributed by atoms with Gasteiger partial charge in [-0.15, -0.1) is 11.3 Å². The normalized spacial score (nSPS) is 12.8. The van der Waals surface area contributed by atoms with Crippen molar-refractivity contribution in [1.82, 2.24) is 0 Å². The summed E-state index contributed by atoms with van der Waals surface area (Å²) in [4.78, 5) is 24.2. The molecule has 5 heteroatoms. The first-order valence-corrected chi connectivity index (χ1v) is 5.66.